The Morgan fingerprint density at radius 2 is 2.00 bits per heavy atom. The summed E-state index contributed by atoms with van der Waals surface area (Å²) in [6.45, 7) is 3.32. The first-order valence-electron chi connectivity index (χ1n) is 5.98. The molecular weight excluding hydrogens is 282 g/mol. The van der Waals surface area contributed by atoms with Gasteiger partial charge >= 0.3 is 0 Å². The molecule has 0 amide bonds. The average molecular weight is 298 g/mol. The first-order valence-corrected chi connectivity index (χ1v) is 6.77. The van der Waals surface area contributed by atoms with Gasteiger partial charge in [0, 0.05) is 17.6 Å². The second-order valence-corrected chi connectivity index (χ2v) is 5.87. The van der Waals surface area contributed by atoms with Crippen molar-refractivity contribution in [3.05, 3.63) is 34.3 Å². The van der Waals surface area contributed by atoms with Crippen molar-refractivity contribution in [2.45, 2.75) is 18.1 Å². The molecule has 3 rings (SSSR count). The van der Waals surface area contributed by atoms with E-state index in [-0.39, 0.29) is 0 Å². The molecule has 2 fully saturated rings. The van der Waals surface area contributed by atoms with E-state index in [4.69, 9.17) is 4.74 Å². The van der Waals surface area contributed by atoms with E-state index in [1.54, 1.807) is 0 Å². The van der Waals surface area contributed by atoms with Crippen LogP contribution in [0.25, 0.3) is 0 Å². The third-order valence-corrected chi connectivity index (χ3v) is 4.32. The maximum atomic E-state index is 10.7. The highest BCUT2D eigenvalue weighted by molar-refractivity contribution is 9.10. The molecule has 1 atom stereocenters. The highest BCUT2D eigenvalue weighted by Crippen LogP contribution is 2.34. The van der Waals surface area contributed by atoms with Crippen LogP contribution in [0.15, 0.2) is 28.7 Å². The molecule has 2 aliphatic rings. The van der Waals surface area contributed by atoms with Gasteiger partial charge in [-0.1, -0.05) is 28.1 Å². The number of likely N-dealkylation sites (tertiary alicyclic amines) is 1. The predicted octanol–water partition coefficient (Wildman–Crippen LogP) is 1.74. The lowest BCUT2D eigenvalue weighted by Crippen LogP contribution is -2.49. The summed E-state index contributed by atoms with van der Waals surface area (Å²) < 4.78 is 6.26. The molecule has 0 bridgehead atoms. The summed E-state index contributed by atoms with van der Waals surface area (Å²) >= 11 is 3.42. The lowest BCUT2D eigenvalue weighted by atomic mass is 9.93. The molecule has 2 heterocycles. The molecule has 2 saturated heterocycles. The normalized spacial score (nSPS) is 30.5. The summed E-state index contributed by atoms with van der Waals surface area (Å²) in [6.07, 6.45) is 0.811. The molecule has 4 heteroatoms. The number of hydrogen-bond donors (Lipinski definition) is 1. The molecule has 1 aromatic carbocycles. The minimum absolute atomic E-state index is 0.513. The van der Waals surface area contributed by atoms with Gasteiger partial charge in [0.15, 0.2) is 0 Å². The number of β-amino-alcohol motifs (C(OH)–C–C–N with tert-alkyl or cyclic N) is 1. The van der Waals surface area contributed by atoms with Crippen molar-refractivity contribution >= 4 is 15.9 Å². The maximum absolute atomic E-state index is 10.7. The van der Waals surface area contributed by atoms with Crippen molar-refractivity contribution < 1.29 is 9.84 Å². The summed E-state index contributed by atoms with van der Waals surface area (Å²) in [6, 6.07) is 8.50. The van der Waals surface area contributed by atoms with Crippen LogP contribution < -0.4 is 0 Å². The Balaban J connectivity index is 1.76. The van der Waals surface area contributed by atoms with E-state index in [1.165, 1.54) is 0 Å². The molecular formula is C13H16BrNO2. The van der Waals surface area contributed by atoms with Crippen molar-refractivity contribution in [2.75, 3.05) is 26.3 Å². The molecule has 92 valence electrons. The molecule has 1 N–H and O–H groups in total. The number of rotatable bonds is 2. The molecule has 17 heavy (non-hydrogen) atoms. The summed E-state index contributed by atoms with van der Waals surface area (Å²) in [5.41, 5.74) is 0.333. The molecule has 1 unspecified atom stereocenters. The first kappa shape index (κ1) is 11.7. The Morgan fingerprint density at radius 3 is 2.59 bits per heavy atom. The van der Waals surface area contributed by atoms with Gasteiger partial charge in [-0.2, -0.15) is 0 Å². The van der Waals surface area contributed by atoms with Crippen LogP contribution in [-0.4, -0.2) is 42.4 Å². The van der Waals surface area contributed by atoms with Crippen LogP contribution in [0.2, 0.25) is 0 Å². The van der Waals surface area contributed by atoms with E-state index in [1.807, 2.05) is 24.3 Å². The van der Waals surface area contributed by atoms with Gasteiger partial charge < -0.3 is 9.84 Å². The van der Waals surface area contributed by atoms with Gasteiger partial charge in [-0.15, -0.1) is 0 Å². The Bertz CT molecular complexity index is 404. The third-order valence-electron chi connectivity index (χ3n) is 3.80. The van der Waals surface area contributed by atoms with Crippen LogP contribution in [0.4, 0.5) is 0 Å². The number of hydrogen-bond acceptors (Lipinski definition) is 3. The summed E-state index contributed by atoms with van der Waals surface area (Å²) in [4.78, 5) is 2.34. The second kappa shape index (κ2) is 4.35. The molecule has 0 spiro atoms. The Kier molecular flexibility index (Phi) is 2.99. The fourth-order valence-corrected chi connectivity index (χ4v) is 2.83. The standard InChI is InChI=1S/C13H16BrNO2/c14-11-3-1-10(2-4-11)13(16)5-6-15(9-13)12-7-17-8-12/h1-4,12,16H,5-9H2. The number of halogens is 1. The van der Waals surface area contributed by atoms with E-state index in [9.17, 15) is 5.11 Å². The smallest absolute Gasteiger partial charge is 0.103 e. The van der Waals surface area contributed by atoms with Gasteiger partial charge in [0.05, 0.1) is 19.3 Å². The quantitative estimate of drug-likeness (QED) is 0.903. The van der Waals surface area contributed by atoms with Crippen molar-refractivity contribution in [1.29, 1.82) is 0 Å². The van der Waals surface area contributed by atoms with E-state index in [0.717, 1.165) is 42.8 Å². The Labute approximate surface area is 110 Å². The van der Waals surface area contributed by atoms with Crippen molar-refractivity contribution in [3.63, 3.8) is 0 Å². The van der Waals surface area contributed by atoms with E-state index in [2.05, 4.69) is 20.8 Å². The monoisotopic (exact) mass is 297 g/mol. The zero-order valence-corrected chi connectivity index (χ0v) is 11.2. The number of nitrogens with zero attached hydrogens (tertiary/aromatic N) is 1. The lowest BCUT2D eigenvalue weighted by Gasteiger charge is -2.35. The maximum Gasteiger partial charge on any atom is 0.103 e. The van der Waals surface area contributed by atoms with Crippen LogP contribution in [0.5, 0.6) is 0 Å². The van der Waals surface area contributed by atoms with Crippen LogP contribution in [0, 0.1) is 0 Å². The van der Waals surface area contributed by atoms with E-state index in [0.29, 0.717) is 6.04 Å². The lowest BCUT2D eigenvalue weighted by molar-refractivity contribution is -0.0665. The number of benzene rings is 1. The molecule has 0 aliphatic carbocycles. The minimum atomic E-state index is -0.684. The molecule has 0 saturated carbocycles. The van der Waals surface area contributed by atoms with Crippen LogP contribution in [0.3, 0.4) is 0 Å². The predicted molar refractivity (Wildman–Crippen MR) is 68.8 cm³/mol. The van der Waals surface area contributed by atoms with Crippen molar-refractivity contribution in [3.8, 4) is 0 Å². The topological polar surface area (TPSA) is 32.7 Å². The number of aliphatic hydroxyl groups is 1. The van der Waals surface area contributed by atoms with Gasteiger partial charge in [-0.25, -0.2) is 0 Å². The molecule has 1 aromatic rings. The van der Waals surface area contributed by atoms with Crippen LogP contribution in [0.1, 0.15) is 12.0 Å². The van der Waals surface area contributed by atoms with Gasteiger partial charge in [-0.3, -0.25) is 4.90 Å². The molecule has 0 radical (unpaired) electrons. The Morgan fingerprint density at radius 1 is 1.29 bits per heavy atom. The zero-order valence-electron chi connectivity index (χ0n) is 9.60. The van der Waals surface area contributed by atoms with Gasteiger partial charge in [0.1, 0.15) is 5.60 Å². The highest BCUT2D eigenvalue weighted by atomic mass is 79.9. The van der Waals surface area contributed by atoms with E-state index < -0.39 is 5.60 Å². The van der Waals surface area contributed by atoms with Gasteiger partial charge in [0.25, 0.3) is 0 Å². The fraction of sp³-hybridized carbons (Fsp3) is 0.538. The Hall–Kier alpha value is -0.420. The minimum Gasteiger partial charge on any atom is -0.384 e. The molecule has 3 nitrogen and oxygen atoms in total. The summed E-state index contributed by atoms with van der Waals surface area (Å²) in [5, 5.41) is 10.7. The zero-order chi connectivity index (χ0) is 11.9. The molecule has 0 aromatic heterocycles. The van der Waals surface area contributed by atoms with Crippen LogP contribution in [-0.2, 0) is 10.3 Å². The number of ether oxygens (including phenoxy) is 1. The summed E-state index contributed by atoms with van der Waals surface area (Å²) in [7, 11) is 0. The van der Waals surface area contributed by atoms with E-state index >= 15 is 0 Å². The molecule has 2 aliphatic heterocycles. The largest absolute Gasteiger partial charge is 0.384 e. The van der Waals surface area contributed by atoms with Crippen molar-refractivity contribution in [2.24, 2.45) is 0 Å². The van der Waals surface area contributed by atoms with Crippen LogP contribution >= 0.6 is 15.9 Å². The van der Waals surface area contributed by atoms with Crippen molar-refractivity contribution in [1.82, 2.24) is 4.90 Å². The highest BCUT2D eigenvalue weighted by Gasteiger charge is 2.41. The summed E-state index contributed by atoms with van der Waals surface area (Å²) in [5.74, 6) is 0. The average Bonchev–Trinajstić information content (AvgIpc) is 2.60. The van der Waals surface area contributed by atoms with Gasteiger partial charge in [0.2, 0.25) is 0 Å². The first-order chi connectivity index (χ1) is 8.17. The fourth-order valence-electron chi connectivity index (χ4n) is 2.56. The third kappa shape index (κ3) is 2.15. The van der Waals surface area contributed by atoms with Gasteiger partial charge in [-0.05, 0) is 24.1 Å². The second-order valence-electron chi connectivity index (χ2n) is 4.95. The SMILES string of the molecule is OC1(c2ccc(Br)cc2)CCN(C2COC2)C1.